The standard InChI is InChI=1S/C25H28F2N4O/c1-32-24-15-30-25(31-21-7-5-20(28)6-8-21)13-23(24)17-3-2-4-22(11-17)29-14-16-9-18(26)12-19(27)10-16/h2-4,9-13,15,20-21,29H,5-8,14,28H2,1H3,(H,30,31). The molecule has 0 amide bonds. The molecule has 5 nitrogen and oxygen atoms in total. The van der Waals surface area contributed by atoms with Crippen molar-refractivity contribution in [2.24, 2.45) is 5.73 Å². The molecule has 1 aliphatic rings. The minimum atomic E-state index is -0.586. The van der Waals surface area contributed by atoms with Crippen molar-refractivity contribution in [2.75, 3.05) is 17.7 Å². The number of nitrogens with zero attached hydrogens (tertiary/aromatic N) is 1. The molecule has 1 aromatic heterocycles. The van der Waals surface area contributed by atoms with Gasteiger partial charge in [-0.25, -0.2) is 13.8 Å². The topological polar surface area (TPSA) is 72.2 Å². The Morgan fingerprint density at radius 1 is 1.03 bits per heavy atom. The summed E-state index contributed by atoms with van der Waals surface area (Å²) in [6.45, 7) is 0.308. The lowest BCUT2D eigenvalue weighted by Gasteiger charge is -2.27. The van der Waals surface area contributed by atoms with E-state index in [2.05, 4.69) is 15.6 Å². The molecule has 3 aromatic rings. The molecule has 0 aliphatic heterocycles. The number of anilines is 2. The summed E-state index contributed by atoms with van der Waals surface area (Å²) >= 11 is 0. The maximum atomic E-state index is 13.4. The first-order chi connectivity index (χ1) is 15.5. The molecule has 4 rings (SSSR count). The van der Waals surface area contributed by atoms with Gasteiger partial charge in [0.05, 0.1) is 13.3 Å². The number of aromatic nitrogens is 1. The lowest BCUT2D eigenvalue weighted by atomic mass is 9.92. The second-order valence-corrected chi connectivity index (χ2v) is 8.24. The first-order valence-electron chi connectivity index (χ1n) is 10.9. The maximum absolute atomic E-state index is 13.4. The predicted molar refractivity (Wildman–Crippen MR) is 124 cm³/mol. The zero-order chi connectivity index (χ0) is 22.5. The summed E-state index contributed by atoms with van der Waals surface area (Å²) in [5.74, 6) is 0.301. The van der Waals surface area contributed by atoms with Gasteiger partial charge in [0.25, 0.3) is 0 Å². The van der Waals surface area contributed by atoms with Crippen LogP contribution in [0, 0.1) is 11.6 Å². The lowest BCUT2D eigenvalue weighted by Crippen LogP contribution is -2.33. The molecule has 1 aliphatic carbocycles. The van der Waals surface area contributed by atoms with Gasteiger partial charge in [0, 0.05) is 35.9 Å². The summed E-state index contributed by atoms with van der Waals surface area (Å²) in [5.41, 5.74) is 9.25. The summed E-state index contributed by atoms with van der Waals surface area (Å²) in [6, 6.07) is 14.0. The number of pyridine rings is 1. The van der Waals surface area contributed by atoms with Gasteiger partial charge in [-0.15, -0.1) is 0 Å². The summed E-state index contributed by atoms with van der Waals surface area (Å²) < 4.78 is 32.4. The third-order valence-electron chi connectivity index (χ3n) is 5.80. The molecule has 1 heterocycles. The number of rotatable bonds is 7. The Labute approximate surface area is 187 Å². The highest BCUT2D eigenvalue weighted by Gasteiger charge is 2.19. The molecule has 0 bridgehead atoms. The average molecular weight is 439 g/mol. The average Bonchev–Trinajstić information content (AvgIpc) is 2.79. The van der Waals surface area contributed by atoms with Crippen LogP contribution in [0.4, 0.5) is 20.3 Å². The van der Waals surface area contributed by atoms with Crippen LogP contribution in [-0.4, -0.2) is 24.2 Å². The molecule has 1 fully saturated rings. The van der Waals surface area contributed by atoms with Crippen molar-refractivity contribution in [1.82, 2.24) is 4.98 Å². The third-order valence-corrected chi connectivity index (χ3v) is 5.80. The molecule has 0 saturated heterocycles. The van der Waals surface area contributed by atoms with E-state index in [1.807, 2.05) is 30.3 Å². The monoisotopic (exact) mass is 438 g/mol. The predicted octanol–water partition coefficient (Wildman–Crippen LogP) is 5.33. The van der Waals surface area contributed by atoms with Gasteiger partial charge in [0.15, 0.2) is 0 Å². The zero-order valence-corrected chi connectivity index (χ0v) is 18.1. The fourth-order valence-corrected chi connectivity index (χ4v) is 4.10. The third kappa shape index (κ3) is 5.53. The smallest absolute Gasteiger partial charge is 0.145 e. The maximum Gasteiger partial charge on any atom is 0.145 e. The quantitative estimate of drug-likeness (QED) is 0.465. The molecule has 4 N–H and O–H groups in total. The highest BCUT2D eigenvalue weighted by atomic mass is 19.1. The first kappa shape index (κ1) is 22.0. The fourth-order valence-electron chi connectivity index (χ4n) is 4.10. The molecule has 0 atom stereocenters. The van der Waals surface area contributed by atoms with Crippen LogP contribution in [0.25, 0.3) is 11.1 Å². The van der Waals surface area contributed by atoms with Crippen LogP contribution >= 0.6 is 0 Å². The van der Waals surface area contributed by atoms with Crippen LogP contribution in [0.5, 0.6) is 5.75 Å². The van der Waals surface area contributed by atoms with Crippen molar-refractivity contribution < 1.29 is 13.5 Å². The van der Waals surface area contributed by atoms with Crippen molar-refractivity contribution in [3.05, 3.63) is 71.9 Å². The van der Waals surface area contributed by atoms with Gasteiger partial charge in [0.1, 0.15) is 23.2 Å². The van der Waals surface area contributed by atoms with Crippen molar-refractivity contribution in [1.29, 1.82) is 0 Å². The van der Waals surface area contributed by atoms with Crippen molar-refractivity contribution in [3.63, 3.8) is 0 Å². The zero-order valence-electron chi connectivity index (χ0n) is 18.1. The molecule has 168 valence electrons. The normalized spacial score (nSPS) is 18.2. The molecule has 0 unspecified atom stereocenters. The molecule has 2 aromatic carbocycles. The van der Waals surface area contributed by atoms with Gasteiger partial charge >= 0.3 is 0 Å². The summed E-state index contributed by atoms with van der Waals surface area (Å²) in [7, 11) is 1.62. The fraction of sp³-hybridized carbons (Fsp3) is 0.320. The number of hydrogen-bond donors (Lipinski definition) is 3. The van der Waals surface area contributed by atoms with E-state index in [0.717, 1.165) is 54.4 Å². The van der Waals surface area contributed by atoms with Crippen LogP contribution in [-0.2, 0) is 6.54 Å². The van der Waals surface area contributed by atoms with Crippen LogP contribution in [0.2, 0.25) is 0 Å². The van der Waals surface area contributed by atoms with Gasteiger partial charge in [-0.1, -0.05) is 12.1 Å². The van der Waals surface area contributed by atoms with E-state index in [0.29, 0.717) is 29.9 Å². The second-order valence-electron chi connectivity index (χ2n) is 8.24. The molecule has 1 saturated carbocycles. The Bertz CT molecular complexity index is 1050. The van der Waals surface area contributed by atoms with E-state index in [4.69, 9.17) is 10.5 Å². The summed E-state index contributed by atoms with van der Waals surface area (Å²) in [5, 5.41) is 6.76. The van der Waals surface area contributed by atoms with Gasteiger partial charge in [-0.05, 0) is 67.1 Å². The minimum absolute atomic E-state index is 0.298. The van der Waals surface area contributed by atoms with Gasteiger partial charge in [0.2, 0.25) is 0 Å². The lowest BCUT2D eigenvalue weighted by molar-refractivity contribution is 0.409. The van der Waals surface area contributed by atoms with E-state index in [1.54, 1.807) is 13.3 Å². The molecule has 7 heteroatoms. The number of nitrogens with one attached hydrogen (secondary N) is 2. The molecular formula is C25H28F2N4O. The number of benzene rings is 2. The summed E-state index contributed by atoms with van der Waals surface area (Å²) in [4.78, 5) is 4.51. The molecule has 0 spiro atoms. The molecule has 32 heavy (non-hydrogen) atoms. The van der Waals surface area contributed by atoms with E-state index in [1.165, 1.54) is 12.1 Å². The van der Waals surface area contributed by atoms with Gasteiger partial charge in [-0.3, -0.25) is 0 Å². The number of ether oxygens (including phenoxy) is 1. The van der Waals surface area contributed by atoms with Crippen LogP contribution < -0.4 is 21.1 Å². The Balaban J connectivity index is 1.51. The number of hydrogen-bond acceptors (Lipinski definition) is 5. The Hall–Kier alpha value is -3.19. The van der Waals surface area contributed by atoms with E-state index in [9.17, 15) is 8.78 Å². The van der Waals surface area contributed by atoms with E-state index < -0.39 is 11.6 Å². The second kappa shape index (κ2) is 9.96. The largest absolute Gasteiger partial charge is 0.494 e. The Kier molecular flexibility index (Phi) is 6.85. The molecular weight excluding hydrogens is 410 g/mol. The van der Waals surface area contributed by atoms with Gasteiger partial charge in [-0.2, -0.15) is 0 Å². The Morgan fingerprint density at radius 2 is 1.78 bits per heavy atom. The Morgan fingerprint density at radius 3 is 2.50 bits per heavy atom. The SMILES string of the molecule is COc1cnc(NC2CCC(N)CC2)cc1-c1cccc(NCc2cc(F)cc(F)c2)c1. The van der Waals surface area contributed by atoms with Crippen LogP contribution in [0.15, 0.2) is 54.7 Å². The minimum Gasteiger partial charge on any atom is -0.494 e. The van der Waals surface area contributed by atoms with Crippen molar-refractivity contribution in [2.45, 2.75) is 44.3 Å². The first-order valence-corrected chi connectivity index (χ1v) is 10.9. The number of methoxy groups -OCH3 is 1. The van der Waals surface area contributed by atoms with Crippen LogP contribution in [0.1, 0.15) is 31.2 Å². The highest BCUT2D eigenvalue weighted by Crippen LogP contribution is 2.33. The number of halogens is 2. The summed E-state index contributed by atoms with van der Waals surface area (Å²) in [6.07, 6.45) is 5.82. The van der Waals surface area contributed by atoms with Gasteiger partial charge < -0.3 is 21.1 Å². The highest BCUT2D eigenvalue weighted by molar-refractivity contribution is 5.75. The van der Waals surface area contributed by atoms with E-state index >= 15 is 0 Å². The van der Waals surface area contributed by atoms with Crippen molar-refractivity contribution >= 4 is 11.5 Å². The number of nitrogens with two attached hydrogens (primary N) is 1. The van der Waals surface area contributed by atoms with Crippen molar-refractivity contribution in [3.8, 4) is 16.9 Å². The molecule has 0 radical (unpaired) electrons. The van der Waals surface area contributed by atoms with E-state index in [-0.39, 0.29) is 0 Å². The van der Waals surface area contributed by atoms with Crippen LogP contribution in [0.3, 0.4) is 0 Å².